The standard InChI is InChI=1S/C9H18F3N3.2ClH/c10-9(11,12)8-15-4-1-3-14(5-2-13)6-7-15;;/h1-8,13H2;2*1H. The maximum absolute atomic E-state index is 12.1. The van der Waals surface area contributed by atoms with E-state index in [-0.39, 0.29) is 24.8 Å². The monoisotopic (exact) mass is 297 g/mol. The van der Waals surface area contributed by atoms with Gasteiger partial charge in [-0.05, 0) is 19.5 Å². The van der Waals surface area contributed by atoms with Crippen LogP contribution in [0.1, 0.15) is 6.42 Å². The SMILES string of the molecule is Cl.Cl.NCCN1CCCN(CC(F)(F)F)CC1. The molecule has 0 aliphatic carbocycles. The molecule has 2 N–H and O–H groups in total. The Morgan fingerprint density at radius 3 is 2.00 bits per heavy atom. The van der Waals surface area contributed by atoms with Gasteiger partial charge in [-0.2, -0.15) is 13.2 Å². The molecule has 1 fully saturated rings. The second kappa shape index (κ2) is 9.22. The molecule has 1 aliphatic rings. The predicted molar refractivity (Wildman–Crippen MR) is 67.1 cm³/mol. The van der Waals surface area contributed by atoms with Crippen molar-refractivity contribution < 1.29 is 13.2 Å². The highest BCUT2D eigenvalue weighted by Gasteiger charge is 2.31. The number of hydrogen-bond acceptors (Lipinski definition) is 3. The fourth-order valence-corrected chi connectivity index (χ4v) is 1.84. The van der Waals surface area contributed by atoms with Crippen LogP contribution in [0.15, 0.2) is 0 Å². The first kappa shape index (κ1) is 19.6. The van der Waals surface area contributed by atoms with Gasteiger partial charge in [0.2, 0.25) is 0 Å². The molecular formula is C9H20Cl2F3N3. The van der Waals surface area contributed by atoms with Gasteiger partial charge in [0.05, 0.1) is 6.54 Å². The lowest BCUT2D eigenvalue weighted by atomic mass is 10.4. The van der Waals surface area contributed by atoms with Crippen molar-refractivity contribution in [3.8, 4) is 0 Å². The van der Waals surface area contributed by atoms with Gasteiger partial charge < -0.3 is 10.6 Å². The third-order valence-corrected chi connectivity index (χ3v) is 2.53. The van der Waals surface area contributed by atoms with Crippen molar-refractivity contribution in [3.63, 3.8) is 0 Å². The van der Waals surface area contributed by atoms with Crippen molar-refractivity contribution in [1.29, 1.82) is 0 Å². The normalized spacial score (nSPS) is 19.1. The van der Waals surface area contributed by atoms with Crippen molar-refractivity contribution in [2.45, 2.75) is 12.6 Å². The Balaban J connectivity index is 0. The molecule has 8 heteroatoms. The van der Waals surface area contributed by atoms with Gasteiger partial charge in [0.25, 0.3) is 0 Å². The Morgan fingerprint density at radius 2 is 1.47 bits per heavy atom. The first-order valence-corrected chi connectivity index (χ1v) is 5.23. The van der Waals surface area contributed by atoms with E-state index < -0.39 is 12.7 Å². The molecule has 1 aliphatic heterocycles. The van der Waals surface area contributed by atoms with Gasteiger partial charge in [0, 0.05) is 26.2 Å². The van der Waals surface area contributed by atoms with Crippen LogP contribution in [0.2, 0.25) is 0 Å². The maximum Gasteiger partial charge on any atom is 0.401 e. The van der Waals surface area contributed by atoms with E-state index in [2.05, 4.69) is 4.90 Å². The van der Waals surface area contributed by atoms with Gasteiger partial charge in [-0.25, -0.2) is 0 Å². The Labute approximate surface area is 112 Å². The van der Waals surface area contributed by atoms with Gasteiger partial charge in [-0.15, -0.1) is 24.8 Å². The second-order valence-corrected chi connectivity index (χ2v) is 3.88. The molecule has 1 heterocycles. The summed E-state index contributed by atoms with van der Waals surface area (Å²) >= 11 is 0. The van der Waals surface area contributed by atoms with Crippen LogP contribution in [0, 0.1) is 0 Å². The molecule has 0 spiro atoms. The topological polar surface area (TPSA) is 32.5 Å². The summed E-state index contributed by atoms with van der Waals surface area (Å²) in [4.78, 5) is 3.59. The number of nitrogens with two attached hydrogens (primary N) is 1. The molecule has 0 aromatic heterocycles. The van der Waals surface area contributed by atoms with Gasteiger partial charge in [0.15, 0.2) is 0 Å². The number of alkyl halides is 3. The van der Waals surface area contributed by atoms with Crippen molar-refractivity contribution >= 4 is 24.8 Å². The summed E-state index contributed by atoms with van der Waals surface area (Å²) in [5.41, 5.74) is 5.41. The fourth-order valence-electron chi connectivity index (χ4n) is 1.84. The van der Waals surface area contributed by atoms with Crippen LogP contribution in [0.25, 0.3) is 0 Å². The predicted octanol–water partition coefficient (Wildman–Crippen LogP) is 1.36. The molecule has 0 radical (unpaired) electrons. The van der Waals surface area contributed by atoms with Crippen LogP contribution in [0.5, 0.6) is 0 Å². The van der Waals surface area contributed by atoms with E-state index in [0.29, 0.717) is 26.2 Å². The van der Waals surface area contributed by atoms with Crippen LogP contribution in [-0.4, -0.2) is 61.8 Å². The van der Waals surface area contributed by atoms with E-state index in [4.69, 9.17) is 5.73 Å². The molecule has 0 aromatic rings. The molecule has 106 valence electrons. The highest BCUT2D eigenvalue weighted by molar-refractivity contribution is 5.85. The summed E-state index contributed by atoms with van der Waals surface area (Å²) in [6.45, 7) is 3.11. The minimum absolute atomic E-state index is 0. The molecular weight excluding hydrogens is 278 g/mol. The minimum atomic E-state index is -4.08. The van der Waals surface area contributed by atoms with E-state index >= 15 is 0 Å². The van der Waals surface area contributed by atoms with Crippen LogP contribution in [0.3, 0.4) is 0 Å². The lowest BCUT2D eigenvalue weighted by molar-refractivity contribution is -0.145. The zero-order chi connectivity index (χ0) is 11.3. The van der Waals surface area contributed by atoms with E-state index in [0.717, 1.165) is 19.5 Å². The van der Waals surface area contributed by atoms with Crippen molar-refractivity contribution in [1.82, 2.24) is 9.80 Å². The van der Waals surface area contributed by atoms with Crippen molar-refractivity contribution in [3.05, 3.63) is 0 Å². The highest BCUT2D eigenvalue weighted by atomic mass is 35.5. The summed E-state index contributed by atoms with van der Waals surface area (Å²) in [5.74, 6) is 0. The van der Waals surface area contributed by atoms with Crippen molar-refractivity contribution in [2.75, 3.05) is 45.8 Å². The third kappa shape index (κ3) is 8.90. The quantitative estimate of drug-likeness (QED) is 0.854. The molecule has 1 saturated heterocycles. The minimum Gasteiger partial charge on any atom is -0.329 e. The average molecular weight is 298 g/mol. The Kier molecular flexibility index (Phi) is 10.6. The van der Waals surface area contributed by atoms with Crippen LogP contribution < -0.4 is 5.73 Å². The zero-order valence-corrected chi connectivity index (χ0v) is 11.2. The summed E-state index contributed by atoms with van der Waals surface area (Å²) in [6.07, 6.45) is -3.29. The molecule has 17 heavy (non-hydrogen) atoms. The molecule has 0 aromatic carbocycles. The highest BCUT2D eigenvalue weighted by Crippen LogP contribution is 2.17. The lowest BCUT2D eigenvalue weighted by Crippen LogP contribution is -2.38. The Hall–Kier alpha value is 0.250. The first-order chi connectivity index (χ1) is 7.01. The number of rotatable bonds is 3. The summed E-state index contributed by atoms with van der Waals surface area (Å²) in [7, 11) is 0. The van der Waals surface area contributed by atoms with Gasteiger partial charge >= 0.3 is 6.18 Å². The molecule has 0 unspecified atom stereocenters. The Morgan fingerprint density at radius 1 is 0.941 bits per heavy atom. The molecule has 1 rings (SSSR count). The second-order valence-electron chi connectivity index (χ2n) is 3.88. The van der Waals surface area contributed by atoms with Gasteiger partial charge in [0.1, 0.15) is 0 Å². The summed E-state index contributed by atoms with van der Waals surface area (Å²) in [6, 6.07) is 0. The number of nitrogens with zero attached hydrogens (tertiary/aromatic N) is 2. The number of hydrogen-bond donors (Lipinski definition) is 1. The van der Waals surface area contributed by atoms with Crippen LogP contribution in [-0.2, 0) is 0 Å². The lowest BCUT2D eigenvalue weighted by Gasteiger charge is -2.22. The van der Waals surface area contributed by atoms with E-state index in [1.807, 2.05) is 0 Å². The molecule has 0 amide bonds. The summed E-state index contributed by atoms with van der Waals surface area (Å²) in [5, 5.41) is 0. The smallest absolute Gasteiger partial charge is 0.329 e. The third-order valence-electron chi connectivity index (χ3n) is 2.53. The van der Waals surface area contributed by atoms with E-state index in [9.17, 15) is 13.2 Å². The Bertz CT molecular complexity index is 193. The molecule has 3 nitrogen and oxygen atoms in total. The average Bonchev–Trinajstić information content (AvgIpc) is 2.29. The van der Waals surface area contributed by atoms with Crippen LogP contribution >= 0.6 is 24.8 Å². The molecule has 0 bridgehead atoms. The first-order valence-electron chi connectivity index (χ1n) is 5.23. The van der Waals surface area contributed by atoms with Crippen molar-refractivity contribution in [2.24, 2.45) is 5.73 Å². The summed E-state index contributed by atoms with van der Waals surface area (Å²) < 4.78 is 36.4. The van der Waals surface area contributed by atoms with E-state index in [1.54, 1.807) is 0 Å². The molecule has 0 atom stereocenters. The maximum atomic E-state index is 12.1. The van der Waals surface area contributed by atoms with E-state index in [1.165, 1.54) is 4.90 Å². The molecule has 0 saturated carbocycles. The van der Waals surface area contributed by atoms with Crippen LogP contribution in [0.4, 0.5) is 13.2 Å². The number of halogens is 5. The largest absolute Gasteiger partial charge is 0.401 e. The van der Waals surface area contributed by atoms with Gasteiger partial charge in [-0.1, -0.05) is 0 Å². The zero-order valence-electron chi connectivity index (χ0n) is 9.58. The van der Waals surface area contributed by atoms with Gasteiger partial charge in [-0.3, -0.25) is 4.90 Å². The fraction of sp³-hybridized carbons (Fsp3) is 1.00.